The summed E-state index contributed by atoms with van der Waals surface area (Å²) in [6.07, 6.45) is 12.5. The van der Waals surface area contributed by atoms with E-state index in [2.05, 4.69) is 23.8 Å². The zero-order valence-corrected chi connectivity index (χ0v) is 17.6. The van der Waals surface area contributed by atoms with Crippen molar-refractivity contribution in [2.75, 3.05) is 14.1 Å². The van der Waals surface area contributed by atoms with Crippen LogP contribution >= 0.6 is 0 Å². The molecule has 6 heteroatoms. The highest BCUT2D eigenvalue weighted by atomic mass is 16.3. The Morgan fingerprint density at radius 3 is 1.32 bits per heavy atom. The molecule has 0 heterocycles. The highest BCUT2D eigenvalue weighted by Crippen LogP contribution is 2.12. The van der Waals surface area contributed by atoms with Gasteiger partial charge in [0.05, 0.1) is 24.3 Å². The number of allylic oxidation sites excluding steroid dienone is 6. The summed E-state index contributed by atoms with van der Waals surface area (Å²) in [7, 11) is 3.32. The van der Waals surface area contributed by atoms with E-state index in [0.717, 1.165) is 25.4 Å². The predicted molar refractivity (Wildman–Crippen MR) is 116 cm³/mol. The molecular weight excluding hydrogens is 356 g/mol. The van der Waals surface area contributed by atoms with E-state index in [9.17, 15) is 19.8 Å². The zero-order valence-electron chi connectivity index (χ0n) is 17.6. The van der Waals surface area contributed by atoms with Crippen molar-refractivity contribution in [2.24, 2.45) is 11.8 Å². The number of aliphatic hydroxyl groups is 2. The summed E-state index contributed by atoms with van der Waals surface area (Å²) in [4.78, 5) is 21.1. The van der Waals surface area contributed by atoms with Crippen LogP contribution in [0.1, 0.15) is 26.7 Å². The van der Waals surface area contributed by atoms with E-state index in [0.29, 0.717) is 0 Å². The van der Waals surface area contributed by atoms with E-state index in [-0.39, 0.29) is 11.8 Å². The maximum absolute atomic E-state index is 10.6. The summed E-state index contributed by atoms with van der Waals surface area (Å²) in [6.45, 7) is 10.9. The average Bonchev–Trinajstić information content (AvgIpc) is 2.70. The molecule has 6 atom stereocenters. The number of rotatable bonds is 14. The van der Waals surface area contributed by atoms with Crippen LogP contribution in [-0.4, -0.2) is 61.2 Å². The fourth-order valence-electron chi connectivity index (χ4n) is 2.40. The standard InChI is InChI=1S/2C11H19NO2/c2*1-4-5-6-7-9(2)11(14)10(8-13)12-3/h2*4-6,8-12,14H,1,7H2,2-3H3/b6-5+;6-5-. The molecule has 0 saturated heterocycles. The van der Waals surface area contributed by atoms with E-state index < -0.39 is 24.3 Å². The fraction of sp³-hybridized carbons (Fsp3) is 0.545. The van der Waals surface area contributed by atoms with E-state index in [1.807, 2.05) is 38.2 Å². The lowest BCUT2D eigenvalue weighted by Crippen LogP contribution is -2.42. The molecule has 0 aromatic heterocycles. The second kappa shape index (κ2) is 18.5. The van der Waals surface area contributed by atoms with Crippen molar-refractivity contribution in [3.8, 4) is 0 Å². The van der Waals surface area contributed by atoms with Gasteiger partial charge in [-0.15, -0.1) is 0 Å². The lowest BCUT2D eigenvalue weighted by molar-refractivity contribution is -0.113. The van der Waals surface area contributed by atoms with Gasteiger partial charge in [0.25, 0.3) is 0 Å². The van der Waals surface area contributed by atoms with Crippen LogP contribution in [0.15, 0.2) is 49.6 Å². The first kappa shape index (κ1) is 28.4. The van der Waals surface area contributed by atoms with Crippen LogP contribution in [0.4, 0.5) is 0 Å². The second-order valence-electron chi connectivity index (χ2n) is 6.64. The van der Waals surface area contributed by atoms with Crippen LogP contribution in [0.2, 0.25) is 0 Å². The lowest BCUT2D eigenvalue weighted by atomic mass is 9.95. The Kier molecular flexibility index (Phi) is 18.7. The quantitative estimate of drug-likeness (QED) is 0.265. The molecule has 6 unspecified atom stereocenters. The smallest absolute Gasteiger partial charge is 0.139 e. The minimum Gasteiger partial charge on any atom is -0.391 e. The van der Waals surface area contributed by atoms with Gasteiger partial charge in [-0.05, 0) is 38.8 Å². The van der Waals surface area contributed by atoms with Crippen LogP contribution in [0.3, 0.4) is 0 Å². The fourth-order valence-corrected chi connectivity index (χ4v) is 2.40. The van der Waals surface area contributed by atoms with Gasteiger partial charge in [0.2, 0.25) is 0 Å². The minimum atomic E-state index is -0.646. The van der Waals surface area contributed by atoms with Gasteiger partial charge in [0, 0.05) is 0 Å². The van der Waals surface area contributed by atoms with Crippen LogP contribution in [0.25, 0.3) is 0 Å². The van der Waals surface area contributed by atoms with E-state index in [4.69, 9.17) is 0 Å². The molecule has 0 aromatic rings. The van der Waals surface area contributed by atoms with Gasteiger partial charge in [0.1, 0.15) is 12.6 Å². The van der Waals surface area contributed by atoms with E-state index >= 15 is 0 Å². The van der Waals surface area contributed by atoms with Gasteiger partial charge in [-0.3, -0.25) is 0 Å². The van der Waals surface area contributed by atoms with Gasteiger partial charge in [-0.25, -0.2) is 0 Å². The van der Waals surface area contributed by atoms with Gasteiger partial charge in [-0.1, -0.05) is 63.5 Å². The summed E-state index contributed by atoms with van der Waals surface area (Å²) in [5.74, 6) is 0.0997. The number of nitrogens with one attached hydrogen (secondary N) is 2. The molecule has 28 heavy (non-hydrogen) atoms. The average molecular weight is 395 g/mol. The summed E-state index contributed by atoms with van der Waals surface area (Å²) >= 11 is 0. The van der Waals surface area contributed by atoms with Gasteiger partial charge in [0.15, 0.2) is 0 Å². The molecule has 0 aliphatic carbocycles. The number of likely N-dealkylation sites (N-methyl/N-ethyl adjacent to an activating group) is 2. The minimum absolute atomic E-state index is 0.0499. The van der Waals surface area contributed by atoms with Crippen molar-refractivity contribution in [1.82, 2.24) is 10.6 Å². The van der Waals surface area contributed by atoms with Crippen LogP contribution < -0.4 is 10.6 Å². The number of carbonyl (C=O) groups excluding carboxylic acids is 2. The summed E-state index contributed by atoms with van der Waals surface area (Å²) in [5.41, 5.74) is 0. The molecule has 160 valence electrons. The SMILES string of the molecule is C=C/C=C/CC(C)C(O)C(C=O)NC.C=C/C=C\CC(C)C(O)C(C=O)NC. The first-order chi connectivity index (χ1) is 13.3. The molecule has 0 spiro atoms. The van der Waals surface area contributed by atoms with Crippen molar-refractivity contribution in [3.63, 3.8) is 0 Å². The molecule has 0 aliphatic heterocycles. The largest absolute Gasteiger partial charge is 0.391 e. The number of carbonyl (C=O) groups is 2. The number of hydrogen-bond acceptors (Lipinski definition) is 6. The topological polar surface area (TPSA) is 98.7 Å². The third-order valence-electron chi connectivity index (χ3n) is 4.42. The third-order valence-corrected chi connectivity index (χ3v) is 4.42. The van der Waals surface area contributed by atoms with Crippen molar-refractivity contribution in [3.05, 3.63) is 49.6 Å². The van der Waals surface area contributed by atoms with E-state index in [1.54, 1.807) is 26.2 Å². The Morgan fingerprint density at radius 1 is 0.786 bits per heavy atom. The van der Waals surface area contributed by atoms with Crippen LogP contribution in [0, 0.1) is 11.8 Å². The molecule has 0 bridgehead atoms. The number of aldehydes is 2. The maximum atomic E-state index is 10.6. The Labute approximate surface area is 170 Å². The Balaban J connectivity index is 0. The van der Waals surface area contributed by atoms with E-state index in [1.165, 1.54) is 0 Å². The molecular formula is C22H38N2O4. The van der Waals surface area contributed by atoms with Crippen LogP contribution in [-0.2, 0) is 9.59 Å². The summed E-state index contributed by atoms with van der Waals surface area (Å²) in [5, 5.41) is 25.0. The van der Waals surface area contributed by atoms with Crippen LogP contribution in [0.5, 0.6) is 0 Å². The lowest BCUT2D eigenvalue weighted by Gasteiger charge is -2.22. The van der Waals surface area contributed by atoms with Gasteiger partial charge in [-0.2, -0.15) is 0 Å². The third kappa shape index (κ3) is 12.5. The predicted octanol–water partition coefficient (Wildman–Crippen LogP) is 1.81. The zero-order chi connectivity index (χ0) is 21.9. The molecule has 0 aromatic carbocycles. The van der Waals surface area contributed by atoms with Crippen molar-refractivity contribution in [2.45, 2.75) is 51.0 Å². The number of hydrogen-bond donors (Lipinski definition) is 4. The normalized spacial score (nSPS) is 17.6. The molecule has 4 N–H and O–H groups in total. The first-order valence-electron chi connectivity index (χ1n) is 9.50. The summed E-state index contributed by atoms with van der Waals surface area (Å²) < 4.78 is 0. The Hall–Kier alpha value is -1.86. The van der Waals surface area contributed by atoms with Crippen molar-refractivity contribution in [1.29, 1.82) is 0 Å². The Morgan fingerprint density at radius 2 is 1.11 bits per heavy atom. The highest BCUT2D eigenvalue weighted by molar-refractivity contribution is 5.59. The van der Waals surface area contributed by atoms with Crippen molar-refractivity contribution < 1.29 is 19.8 Å². The van der Waals surface area contributed by atoms with Gasteiger partial charge < -0.3 is 30.4 Å². The second-order valence-corrected chi connectivity index (χ2v) is 6.64. The number of aliphatic hydroxyl groups excluding tert-OH is 2. The molecule has 0 fully saturated rings. The highest BCUT2D eigenvalue weighted by Gasteiger charge is 2.22. The first-order valence-corrected chi connectivity index (χ1v) is 9.50. The molecule has 6 nitrogen and oxygen atoms in total. The monoisotopic (exact) mass is 394 g/mol. The van der Waals surface area contributed by atoms with Gasteiger partial charge >= 0.3 is 0 Å². The molecule has 0 amide bonds. The maximum Gasteiger partial charge on any atom is 0.139 e. The van der Waals surface area contributed by atoms with Crippen molar-refractivity contribution >= 4 is 12.6 Å². The molecule has 0 rings (SSSR count). The molecule has 0 aliphatic rings. The summed E-state index contributed by atoms with van der Waals surface area (Å²) in [6, 6.07) is -0.968. The molecule has 0 radical (unpaired) electrons. The molecule has 0 saturated carbocycles. The Bertz CT molecular complexity index is 447.